The maximum absolute atomic E-state index is 5.16. The summed E-state index contributed by atoms with van der Waals surface area (Å²) in [6.45, 7) is 10.3. The molecule has 0 amide bonds. The van der Waals surface area contributed by atoms with Crippen LogP contribution in [0.15, 0.2) is 158 Å². The van der Waals surface area contributed by atoms with E-state index >= 15 is 0 Å². The molecule has 0 bridgehead atoms. The Labute approximate surface area is 344 Å². The average molecular weight is 764 g/mol. The third-order valence-electron chi connectivity index (χ3n) is 10.2. The van der Waals surface area contributed by atoms with Gasteiger partial charge in [0.2, 0.25) is 0 Å². The van der Waals surface area contributed by atoms with Crippen LogP contribution in [-0.2, 0) is 0 Å². The van der Waals surface area contributed by atoms with Crippen LogP contribution in [0.5, 0.6) is 0 Å². The number of aryl methyl sites for hydroxylation is 5. The average Bonchev–Trinajstić information content (AvgIpc) is 3.26. The maximum Gasteiger partial charge on any atom is 0.164 e. The molecule has 0 aliphatic heterocycles. The molecule has 59 heavy (non-hydrogen) atoms. The first-order valence-corrected chi connectivity index (χ1v) is 19.7. The third-order valence-corrected chi connectivity index (χ3v) is 10.2. The highest BCUT2D eigenvalue weighted by atomic mass is 15.0. The Bertz CT molecular complexity index is 2720. The van der Waals surface area contributed by atoms with E-state index in [0.29, 0.717) is 34.9 Å². The van der Waals surface area contributed by atoms with Gasteiger partial charge in [-0.15, -0.1) is 0 Å². The lowest BCUT2D eigenvalue weighted by molar-refractivity contribution is 1.07. The van der Waals surface area contributed by atoms with Gasteiger partial charge >= 0.3 is 0 Å². The van der Waals surface area contributed by atoms with Gasteiger partial charge in [0.25, 0.3) is 0 Å². The predicted octanol–water partition coefficient (Wildman–Crippen LogP) is 12.3. The van der Waals surface area contributed by atoms with Gasteiger partial charge in [0.1, 0.15) is 0 Å². The predicted molar refractivity (Wildman–Crippen MR) is 238 cm³/mol. The van der Waals surface area contributed by atoms with Crippen molar-refractivity contribution in [3.05, 3.63) is 186 Å². The monoisotopic (exact) mass is 763 g/mol. The molecule has 0 aliphatic carbocycles. The number of rotatable bonds is 8. The van der Waals surface area contributed by atoms with Crippen LogP contribution in [-0.4, -0.2) is 34.9 Å². The van der Waals surface area contributed by atoms with Crippen LogP contribution in [0.25, 0.3) is 90.7 Å². The fourth-order valence-corrected chi connectivity index (χ4v) is 7.25. The van der Waals surface area contributed by atoms with Crippen molar-refractivity contribution in [2.45, 2.75) is 34.6 Å². The molecule has 0 radical (unpaired) electrons. The molecule has 284 valence electrons. The van der Waals surface area contributed by atoms with E-state index in [1.54, 1.807) is 0 Å². The quantitative estimate of drug-likeness (QED) is 0.152. The first-order chi connectivity index (χ1) is 28.7. The molecule has 0 atom stereocenters. The lowest BCUT2D eigenvalue weighted by Gasteiger charge is -2.14. The van der Waals surface area contributed by atoms with Gasteiger partial charge in [-0.05, 0) is 100 Å². The van der Waals surface area contributed by atoms with Gasteiger partial charge < -0.3 is 0 Å². The van der Waals surface area contributed by atoms with E-state index in [0.717, 1.165) is 83.7 Å². The SMILES string of the molecule is Cc1cccc(-c2nc(-c3cccc(C)c3)nc(-c3cc(-c4ccc(-c5cccc(C)n5)cc4)cc(-c4nc(-c5cccc(C)c5)nc(-c5cccc(C)c5)n4)c3)n2)c1. The molecule has 0 fully saturated rings. The van der Waals surface area contributed by atoms with Crippen molar-refractivity contribution >= 4 is 0 Å². The Morgan fingerprint density at radius 2 is 0.559 bits per heavy atom. The molecule has 3 aromatic heterocycles. The minimum absolute atomic E-state index is 0.545. The number of hydrogen-bond acceptors (Lipinski definition) is 7. The molecule has 0 N–H and O–H groups in total. The Hall–Kier alpha value is -7.51. The second kappa shape index (κ2) is 15.8. The zero-order chi connectivity index (χ0) is 40.5. The van der Waals surface area contributed by atoms with Crippen LogP contribution in [0.4, 0.5) is 0 Å². The largest absolute Gasteiger partial charge is 0.253 e. The van der Waals surface area contributed by atoms with Crippen LogP contribution in [0.3, 0.4) is 0 Å². The Kier molecular flexibility index (Phi) is 9.93. The highest BCUT2D eigenvalue weighted by Gasteiger charge is 2.18. The standard InChI is InChI=1S/C52H41N7/c1-32-11-6-16-39(25-32)47-54-48(40-17-7-12-33(2)26-40)57-51(56-47)44-29-43(37-21-23-38(24-22-37)46-20-10-15-36(5)53-46)30-45(31-44)52-58-49(41-18-8-13-34(3)27-41)55-50(59-52)42-19-9-14-35(4)28-42/h6-31H,1-5H3. The molecule has 7 nitrogen and oxygen atoms in total. The molecular formula is C52H41N7. The molecular weight excluding hydrogens is 723 g/mol. The van der Waals surface area contributed by atoms with Crippen molar-refractivity contribution in [1.29, 1.82) is 0 Å². The number of aromatic nitrogens is 7. The van der Waals surface area contributed by atoms with Gasteiger partial charge in [0, 0.05) is 44.6 Å². The summed E-state index contributed by atoms with van der Waals surface area (Å²) in [6.07, 6.45) is 0. The molecule has 3 heterocycles. The van der Waals surface area contributed by atoms with Gasteiger partial charge in [-0.25, -0.2) is 29.9 Å². The summed E-state index contributed by atoms with van der Waals surface area (Å²) >= 11 is 0. The molecule has 0 unspecified atom stereocenters. The smallest absolute Gasteiger partial charge is 0.164 e. The Morgan fingerprint density at radius 1 is 0.237 bits per heavy atom. The van der Waals surface area contributed by atoms with Crippen molar-refractivity contribution in [2.75, 3.05) is 0 Å². The fraction of sp³-hybridized carbons (Fsp3) is 0.0962. The summed E-state index contributed by atoms with van der Waals surface area (Å²) in [6, 6.07) is 54.0. The van der Waals surface area contributed by atoms with Crippen LogP contribution in [0.2, 0.25) is 0 Å². The Morgan fingerprint density at radius 3 is 0.915 bits per heavy atom. The molecule has 0 aliphatic rings. The third kappa shape index (κ3) is 8.18. The van der Waals surface area contributed by atoms with Crippen LogP contribution in [0.1, 0.15) is 27.9 Å². The summed E-state index contributed by atoms with van der Waals surface area (Å²) in [5.41, 5.74) is 14.7. The van der Waals surface area contributed by atoms with Gasteiger partial charge in [-0.3, -0.25) is 4.98 Å². The van der Waals surface area contributed by atoms with Crippen molar-refractivity contribution < 1.29 is 0 Å². The second-order valence-corrected chi connectivity index (χ2v) is 15.1. The molecule has 7 heteroatoms. The van der Waals surface area contributed by atoms with Crippen LogP contribution in [0, 0.1) is 34.6 Å². The van der Waals surface area contributed by atoms with Crippen LogP contribution < -0.4 is 0 Å². The normalized spacial score (nSPS) is 11.1. The van der Waals surface area contributed by atoms with E-state index in [1.165, 1.54) is 0 Å². The summed E-state index contributed by atoms with van der Waals surface area (Å²) in [4.78, 5) is 35.5. The number of pyridine rings is 1. The molecule has 6 aromatic carbocycles. The Balaban J connectivity index is 1.28. The molecule has 0 saturated heterocycles. The van der Waals surface area contributed by atoms with E-state index in [-0.39, 0.29) is 0 Å². The zero-order valence-corrected chi connectivity index (χ0v) is 33.6. The molecule has 9 aromatic rings. The van der Waals surface area contributed by atoms with Gasteiger partial charge in [0.15, 0.2) is 34.9 Å². The van der Waals surface area contributed by atoms with Crippen molar-refractivity contribution in [2.24, 2.45) is 0 Å². The first-order valence-electron chi connectivity index (χ1n) is 19.7. The lowest BCUT2D eigenvalue weighted by Crippen LogP contribution is -2.02. The minimum Gasteiger partial charge on any atom is -0.253 e. The van der Waals surface area contributed by atoms with E-state index in [2.05, 4.69) is 119 Å². The van der Waals surface area contributed by atoms with E-state index in [4.69, 9.17) is 34.9 Å². The highest BCUT2D eigenvalue weighted by molar-refractivity contribution is 5.80. The van der Waals surface area contributed by atoms with Gasteiger partial charge in [-0.1, -0.05) is 125 Å². The highest BCUT2D eigenvalue weighted by Crippen LogP contribution is 2.35. The molecule has 9 rings (SSSR count). The molecule has 0 spiro atoms. The summed E-state index contributed by atoms with van der Waals surface area (Å²) in [7, 11) is 0. The lowest BCUT2D eigenvalue weighted by atomic mass is 9.97. The topological polar surface area (TPSA) is 90.2 Å². The zero-order valence-electron chi connectivity index (χ0n) is 33.6. The summed E-state index contributed by atoms with van der Waals surface area (Å²) in [5, 5.41) is 0. The number of nitrogens with zero attached hydrogens (tertiary/aromatic N) is 7. The minimum atomic E-state index is 0.545. The summed E-state index contributed by atoms with van der Waals surface area (Å²) in [5.74, 6) is 3.48. The summed E-state index contributed by atoms with van der Waals surface area (Å²) < 4.78 is 0. The van der Waals surface area contributed by atoms with E-state index < -0.39 is 0 Å². The van der Waals surface area contributed by atoms with Crippen LogP contribution >= 0.6 is 0 Å². The van der Waals surface area contributed by atoms with Gasteiger partial charge in [0.05, 0.1) is 5.69 Å². The number of benzene rings is 6. The van der Waals surface area contributed by atoms with Gasteiger partial charge in [-0.2, -0.15) is 0 Å². The van der Waals surface area contributed by atoms with E-state index in [1.807, 2.05) is 73.7 Å². The fourth-order valence-electron chi connectivity index (χ4n) is 7.25. The molecule has 0 saturated carbocycles. The first kappa shape index (κ1) is 37.1. The second-order valence-electron chi connectivity index (χ2n) is 15.1. The number of hydrogen-bond donors (Lipinski definition) is 0. The maximum atomic E-state index is 5.16. The van der Waals surface area contributed by atoms with Crippen molar-refractivity contribution in [3.8, 4) is 90.7 Å². The van der Waals surface area contributed by atoms with Crippen molar-refractivity contribution in [3.63, 3.8) is 0 Å². The van der Waals surface area contributed by atoms with Crippen molar-refractivity contribution in [1.82, 2.24) is 34.9 Å². The van der Waals surface area contributed by atoms with E-state index in [9.17, 15) is 0 Å².